The maximum absolute atomic E-state index is 11.9. The number of imide groups is 1. The van der Waals surface area contributed by atoms with Gasteiger partial charge in [-0.1, -0.05) is 145 Å². The van der Waals surface area contributed by atoms with Crippen molar-refractivity contribution in [3.05, 3.63) is 53.9 Å². The maximum atomic E-state index is 11.9. The second-order valence-electron chi connectivity index (χ2n) is 18.2. The van der Waals surface area contributed by atoms with Crippen LogP contribution in [0.4, 0.5) is 0 Å². The van der Waals surface area contributed by atoms with Gasteiger partial charge in [-0.25, -0.2) is 0 Å². The first-order valence-electron chi connectivity index (χ1n) is 25.4. The maximum Gasteiger partial charge on any atom is 1.00 e. The molecule has 3 rings (SSSR count). The fraction of sp³-hybridized carbons (Fsp3) is 0.727. The number of nitrogens with zero attached hydrogens (tertiary/aromatic N) is 3. The molecule has 2 heterocycles. The van der Waals surface area contributed by atoms with Crippen molar-refractivity contribution in [2.24, 2.45) is 58.8 Å². The Morgan fingerprint density at radius 3 is 1.80 bits per heavy atom. The summed E-state index contributed by atoms with van der Waals surface area (Å²) in [6.07, 6.45) is 20.3. The SMILES string of the molecule is C=C1CC(C(OC)C(C)C(CC2C=CC=CC2)C(=O)O)N(C=O)C1.C=O.CC.CC(=O)[C@H](C[N-]CCCCCN1C(=O)C=CC1=O)C(C)C.CC(C)C.CCC(C)C(CC)C(CC)OC.CN.NC=O.[K+]. The standard InChI is InChI=1S/C19H27NO4.C16H25N2O3.C11H24O.C4H10.C2H6.CH3NO.CH5N.CH2O.K/c1-13-9-17(20(11-13)12-21)18(24-3)14(2)16(19(22)23)10-15-7-5-4-6-8-15;1-12(2)14(13(3)19)11-17-9-5-4-6-10-18-15(20)7-8-16(18)21;1-6-9(4)10(7-2)11(8-3)12-5;1-4(2)3;1-2;2-1-3;2*1-2;/h4-7,12,14-18H,1,8-11H2,2-3H3,(H,22,23);7-8,12,14H,4-6,9-11H2,1-3H3;9-11H,6-8H2,1-5H3;4H,1-3H3;1-2H3;1H,(H2,2,3);2H2,1H3;1H2;/q;-1;;;;;;;+1/t;14-;;;;;;;/m.1......./s1. The Labute approximate surface area is 475 Å². The number of unbranched alkanes of at least 4 members (excludes halogenated alkanes) is 2. The molecule has 8 unspecified atom stereocenters. The van der Waals surface area contributed by atoms with Crippen molar-refractivity contribution in [3.8, 4) is 0 Å². The van der Waals surface area contributed by atoms with Gasteiger partial charge in [0, 0.05) is 45.4 Å². The number of hydrogen-bond acceptors (Lipinski definition) is 10. The molecule has 9 atom stereocenters. The average molecular weight is 1030 g/mol. The molecule has 0 aromatic rings. The van der Waals surface area contributed by atoms with E-state index >= 15 is 0 Å². The smallest absolute Gasteiger partial charge is 0.662 e. The fourth-order valence-electron chi connectivity index (χ4n) is 8.24. The third kappa shape index (κ3) is 36.8. The van der Waals surface area contributed by atoms with Crippen LogP contribution in [0.1, 0.15) is 148 Å². The minimum atomic E-state index is -0.804. The van der Waals surface area contributed by atoms with Gasteiger partial charge in [0.15, 0.2) is 0 Å². The zero-order valence-corrected chi connectivity index (χ0v) is 50.8. The number of carbonyl (C=O) groups excluding carboxylic acids is 6. The molecule has 1 fully saturated rings. The van der Waals surface area contributed by atoms with Gasteiger partial charge in [0.05, 0.1) is 24.2 Å². The third-order valence-corrected chi connectivity index (χ3v) is 12.0. The van der Waals surface area contributed by atoms with Crippen LogP contribution in [0.25, 0.3) is 5.32 Å². The summed E-state index contributed by atoms with van der Waals surface area (Å²) < 4.78 is 11.1. The molecule has 4 amide bonds. The van der Waals surface area contributed by atoms with E-state index in [0.29, 0.717) is 44.5 Å². The summed E-state index contributed by atoms with van der Waals surface area (Å²) in [5.74, 6) is 1.19. The monoisotopic (exact) mass is 1030 g/mol. The molecule has 2 aliphatic heterocycles. The molecule has 3 aliphatic rings. The van der Waals surface area contributed by atoms with E-state index in [1.54, 1.807) is 18.9 Å². The number of ketones is 1. The van der Waals surface area contributed by atoms with E-state index in [0.717, 1.165) is 68.4 Å². The number of primary amides is 1. The van der Waals surface area contributed by atoms with Crippen LogP contribution >= 0.6 is 0 Å². The third-order valence-electron chi connectivity index (χ3n) is 12.0. The van der Waals surface area contributed by atoms with E-state index in [4.69, 9.17) is 19.1 Å². The topological polar surface area (TPSA) is 231 Å². The van der Waals surface area contributed by atoms with E-state index in [1.807, 2.05) is 60.7 Å². The molecule has 0 bridgehead atoms. The van der Waals surface area contributed by atoms with E-state index in [2.05, 4.69) is 84.0 Å². The van der Waals surface area contributed by atoms with Crippen LogP contribution in [0.3, 0.4) is 0 Å². The fourth-order valence-corrected chi connectivity index (χ4v) is 8.24. The number of likely N-dealkylation sites (tertiary alicyclic amines) is 1. The number of rotatable bonds is 24. The predicted octanol–water partition coefficient (Wildman–Crippen LogP) is 6.63. The number of carbonyl (C=O) groups is 7. The number of Topliss-reactive ketones (excluding diaryl/α,β-unsaturated/α-hetero) is 1. The van der Waals surface area contributed by atoms with Gasteiger partial charge < -0.3 is 41.1 Å². The number of carboxylic acids is 1. The van der Waals surface area contributed by atoms with E-state index < -0.39 is 11.9 Å². The second kappa shape index (κ2) is 52.2. The van der Waals surface area contributed by atoms with Crippen LogP contribution in [-0.4, -0.2) is 124 Å². The average Bonchev–Trinajstić information content (AvgIpc) is 3.88. The molecule has 1 aliphatic carbocycles. The van der Waals surface area contributed by atoms with Gasteiger partial charge >= 0.3 is 57.4 Å². The zero-order valence-electron chi connectivity index (χ0n) is 47.7. The van der Waals surface area contributed by atoms with Crippen LogP contribution in [-0.2, 0) is 43.0 Å². The first-order valence-corrected chi connectivity index (χ1v) is 25.4. The first kappa shape index (κ1) is 79.7. The van der Waals surface area contributed by atoms with Gasteiger partial charge in [0.25, 0.3) is 11.8 Å². The number of allylic oxidation sites excluding steroid dienone is 4. The summed E-state index contributed by atoms with van der Waals surface area (Å²) in [5.41, 5.74) is 9.65. The van der Waals surface area contributed by atoms with Crippen molar-refractivity contribution in [1.82, 2.24) is 9.80 Å². The van der Waals surface area contributed by atoms with Crippen molar-refractivity contribution >= 4 is 43.2 Å². The Balaban J connectivity index is -0.000000204. The van der Waals surface area contributed by atoms with Gasteiger partial charge in [0.2, 0.25) is 12.8 Å². The number of methoxy groups -OCH3 is 2. The quantitative estimate of drug-likeness (QED) is 0.0305. The molecule has 0 aromatic heterocycles. The molecular formula is C55H102KN5O10. The zero-order chi connectivity index (χ0) is 55.4. The molecule has 5 N–H and O–H groups in total. The Hall–Kier alpha value is -2.67. The molecule has 16 heteroatoms. The molecule has 0 spiro atoms. The van der Waals surface area contributed by atoms with Gasteiger partial charge in [-0.2, -0.15) is 0 Å². The minimum Gasteiger partial charge on any atom is -0.662 e. The number of aliphatic carboxylic acids is 1. The van der Waals surface area contributed by atoms with Gasteiger partial charge in [-0.3, -0.25) is 33.7 Å². The molecule has 1 saturated heterocycles. The Kier molecular flexibility index (Phi) is 58.6. The van der Waals surface area contributed by atoms with Crippen LogP contribution < -0.4 is 62.9 Å². The van der Waals surface area contributed by atoms with Crippen molar-refractivity contribution in [2.45, 2.75) is 166 Å². The van der Waals surface area contributed by atoms with Crippen molar-refractivity contribution < 1.29 is 99.5 Å². The van der Waals surface area contributed by atoms with E-state index in [9.17, 15) is 29.1 Å². The number of hydrogen-bond donors (Lipinski definition) is 3. The van der Waals surface area contributed by atoms with Crippen molar-refractivity contribution in [2.75, 3.05) is 47.4 Å². The summed E-state index contributed by atoms with van der Waals surface area (Å²) in [5, 5.41) is 14.2. The normalized spacial score (nSPS) is 18.0. The van der Waals surface area contributed by atoms with Crippen LogP contribution in [0.2, 0.25) is 0 Å². The Morgan fingerprint density at radius 2 is 1.42 bits per heavy atom. The van der Waals surface area contributed by atoms with Gasteiger partial charge in [-0.05, 0) is 81.6 Å². The minimum absolute atomic E-state index is 0. The molecular weight excluding hydrogens is 930 g/mol. The Bertz CT molecular complexity index is 1450. The van der Waals surface area contributed by atoms with Crippen molar-refractivity contribution in [3.63, 3.8) is 0 Å². The van der Waals surface area contributed by atoms with E-state index in [-0.39, 0.29) is 105 Å². The van der Waals surface area contributed by atoms with E-state index in [1.165, 1.54) is 36.9 Å². The number of amides is 4. The van der Waals surface area contributed by atoms with Crippen LogP contribution in [0.15, 0.2) is 48.6 Å². The summed E-state index contributed by atoms with van der Waals surface area (Å²) in [4.78, 5) is 76.8. The number of nitrogens with two attached hydrogens (primary N) is 2. The second-order valence-corrected chi connectivity index (χ2v) is 18.2. The molecule has 0 radical (unpaired) electrons. The molecule has 408 valence electrons. The summed E-state index contributed by atoms with van der Waals surface area (Å²) in [7, 11) is 4.92. The summed E-state index contributed by atoms with van der Waals surface area (Å²) in [6.45, 7) is 35.5. The van der Waals surface area contributed by atoms with Crippen LogP contribution in [0.5, 0.6) is 0 Å². The van der Waals surface area contributed by atoms with Gasteiger partial charge in [-0.15, -0.1) is 13.1 Å². The van der Waals surface area contributed by atoms with Crippen LogP contribution in [0, 0.1) is 47.3 Å². The number of carboxylic acid groups (broad SMARTS) is 1. The largest absolute Gasteiger partial charge is 1.00 e. The molecule has 15 nitrogen and oxygen atoms in total. The summed E-state index contributed by atoms with van der Waals surface area (Å²) >= 11 is 0. The molecule has 0 saturated carbocycles. The Morgan fingerprint density at radius 1 is 0.887 bits per heavy atom. The van der Waals surface area contributed by atoms with Gasteiger partial charge in [0.1, 0.15) is 12.6 Å². The van der Waals surface area contributed by atoms with Crippen molar-refractivity contribution in [1.29, 1.82) is 0 Å². The molecule has 71 heavy (non-hydrogen) atoms. The molecule has 0 aromatic carbocycles. The first-order chi connectivity index (χ1) is 33.3. The summed E-state index contributed by atoms with van der Waals surface area (Å²) in [6, 6.07) is -0.140. The number of ether oxygens (including phenoxy) is 2. The predicted molar refractivity (Wildman–Crippen MR) is 288 cm³/mol.